The number of fused-ring (bicyclic) bond motifs is 1. The number of rotatable bonds is 3. The van der Waals surface area contributed by atoms with Crippen LogP contribution in [0.4, 0.5) is 20.7 Å². The van der Waals surface area contributed by atoms with E-state index in [4.69, 9.17) is 22.2 Å². The first-order valence-corrected chi connectivity index (χ1v) is 12.0. The van der Waals surface area contributed by atoms with Crippen LogP contribution >= 0.6 is 11.6 Å². The zero-order valence-electron chi connectivity index (χ0n) is 20.1. The summed E-state index contributed by atoms with van der Waals surface area (Å²) in [7, 11) is 0. The Morgan fingerprint density at radius 3 is 2.89 bits per heavy atom. The van der Waals surface area contributed by atoms with Crippen molar-refractivity contribution < 1.29 is 14.0 Å². The van der Waals surface area contributed by atoms with Crippen LogP contribution in [0.15, 0.2) is 42.7 Å². The average molecular weight is 520 g/mol. The molecule has 1 aliphatic rings. The Kier molecular flexibility index (Phi) is 6.65. The normalized spacial score (nSPS) is 15.0. The van der Waals surface area contributed by atoms with Crippen LogP contribution in [0.25, 0.3) is 11.0 Å². The van der Waals surface area contributed by atoms with Crippen LogP contribution < -0.4 is 11.1 Å². The van der Waals surface area contributed by atoms with Gasteiger partial charge in [-0.15, -0.1) is 0 Å². The van der Waals surface area contributed by atoms with Gasteiger partial charge in [-0.2, -0.15) is 10.2 Å². The molecule has 0 spiro atoms. The molecule has 3 N–H and O–H groups in total. The molecule has 1 aliphatic heterocycles. The van der Waals surface area contributed by atoms with Crippen LogP contribution in [0.1, 0.15) is 41.8 Å². The molecule has 11 heteroatoms. The summed E-state index contributed by atoms with van der Waals surface area (Å²) in [6.45, 7) is 4.84. The van der Waals surface area contributed by atoms with Crippen molar-refractivity contribution in [1.29, 1.82) is 0 Å². The molecule has 3 heterocycles. The van der Waals surface area contributed by atoms with Crippen molar-refractivity contribution in [2.24, 2.45) is 0 Å². The number of urea groups is 1. The van der Waals surface area contributed by atoms with Gasteiger partial charge < -0.3 is 11.1 Å². The number of hydrogen-bond donors (Lipinski definition) is 2. The minimum Gasteiger partial charge on any atom is -0.383 e. The number of halogens is 2. The van der Waals surface area contributed by atoms with Crippen LogP contribution in [0, 0.1) is 24.6 Å². The summed E-state index contributed by atoms with van der Waals surface area (Å²) in [6, 6.07) is 8.97. The maximum absolute atomic E-state index is 13.6. The van der Waals surface area contributed by atoms with E-state index in [0.29, 0.717) is 58.9 Å². The van der Waals surface area contributed by atoms with Crippen molar-refractivity contribution in [2.75, 3.05) is 17.7 Å². The third kappa shape index (κ3) is 4.79. The fraction of sp³-hybridized carbons (Fsp3) is 0.231. The van der Waals surface area contributed by atoms with Crippen molar-refractivity contribution in [1.82, 2.24) is 24.8 Å². The monoisotopic (exact) mass is 519 g/mol. The molecular weight excluding hydrogens is 497 g/mol. The second-order valence-electron chi connectivity index (χ2n) is 8.47. The van der Waals surface area contributed by atoms with Gasteiger partial charge in [-0.05, 0) is 55.2 Å². The molecule has 9 nitrogen and oxygen atoms in total. The van der Waals surface area contributed by atoms with Crippen LogP contribution in [-0.4, -0.2) is 37.4 Å². The zero-order chi connectivity index (χ0) is 26.1. The quantitative estimate of drug-likeness (QED) is 0.375. The molecule has 0 saturated carbocycles. The average Bonchev–Trinajstić information content (AvgIpc) is 3.52. The standard InChI is InChI=1S/C26H23ClFN7O2/c1-3-34-25-23(24(29)30-14-31-25)21(33-34)9-6-16-12-18(7-4-15(16)2)32-26(36)35-22(10-11-37-35)17-5-8-20(28)19(27)13-17/h4-5,7-8,12-14,22H,3,10-11H2,1-2H3,(H,32,36)(H2,29,30,31)/t22-/m1/s1. The second-order valence-corrected chi connectivity index (χ2v) is 8.88. The van der Waals surface area contributed by atoms with E-state index < -0.39 is 17.9 Å². The maximum Gasteiger partial charge on any atom is 0.346 e. The van der Waals surface area contributed by atoms with Crippen molar-refractivity contribution in [2.45, 2.75) is 32.9 Å². The lowest BCUT2D eigenvalue weighted by Crippen LogP contribution is -2.33. The minimum atomic E-state index is -0.515. The van der Waals surface area contributed by atoms with Crippen LogP contribution in [0.3, 0.4) is 0 Å². The SMILES string of the molecule is CCn1nc(C#Cc2cc(NC(=O)N3OCC[C@@H]3c3ccc(F)c(Cl)c3)ccc2C)c2c(N)ncnc21. The molecule has 2 aromatic heterocycles. The highest BCUT2D eigenvalue weighted by Crippen LogP contribution is 2.33. The Morgan fingerprint density at radius 2 is 2.11 bits per heavy atom. The molecule has 0 bridgehead atoms. The van der Waals surface area contributed by atoms with Crippen molar-refractivity contribution in [3.8, 4) is 11.8 Å². The highest BCUT2D eigenvalue weighted by Gasteiger charge is 2.32. The van der Waals surface area contributed by atoms with Crippen molar-refractivity contribution in [3.63, 3.8) is 0 Å². The first-order chi connectivity index (χ1) is 17.9. The summed E-state index contributed by atoms with van der Waals surface area (Å²) < 4.78 is 15.3. The van der Waals surface area contributed by atoms with Gasteiger partial charge in [0.2, 0.25) is 0 Å². The summed E-state index contributed by atoms with van der Waals surface area (Å²) >= 11 is 5.94. The number of nitrogen functional groups attached to an aromatic ring is 1. The predicted octanol–water partition coefficient (Wildman–Crippen LogP) is 4.84. The Bertz CT molecular complexity index is 1580. The number of nitrogens with zero attached hydrogens (tertiary/aromatic N) is 5. The Balaban J connectivity index is 1.39. The van der Waals surface area contributed by atoms with Gasteiger partial charge in [-0.3, -0.25) is 4.84 Å². The Labute approximate surface area is 217 Å². The van der Waals surface area contributed by atoms with E-state index in [1.165, 1.54) is 23.5 Å². The molecular formula is C26H23ClFN7O2. The minimum absolute atomic E-state index is 0.00336. The number of anilines is 2. The summed E-state index contributed by atoms with van der Waals surface area (Å²) in [5.74, 6) is 6.01. The van der Waals surface area contributed by atoms with Gasteiger partial charge in [-0.25, -0.2) is 23.8 Å². The highest BCUT2D eigenvalue weighted by atomic mass is 35.5. The number of nitrogens with two attached hydrogens (primary N) is 1. The third-order valence-corrected chi connectivity index (χ3v) is 6.39. The lowest BCUT2D eigenvalue weighted by atomic mass is 10.0. The topological polar surface area (TPSA) is 111 Å². The van der Waals surface area contributed by atoms with E-state index >= 15 is 0 Å². The van der Waals surface area contributed by atoms with E-state index in [1.807, 2.05) is 19.9 Å². The fourth-order valence-corrected chi connectivity index (χ4v) is 4.36. The van der Waals surface area contributed by atoms with E-state index in [-0.39, 0.29) is 5.02 Å². The third-order valence-electron chi connectivity index (χ3n) is 6.10. The van der Waals surface area contributed by atoms with Crippen LogP contribution in [0.2, 0.25) is 5.02 Å². The fourth-order valence-electron chi connectivity index (χ4n) is 4.17. The first-order valence-electron chi connectivity index (χ1n) is 11.6. The summed E-state index contributed by atoms with van der Waals surface area (Å²) in [5.41, 5.74) is 10.0. The molecule has 5 rings (SSSR count). The van der Waals surface area contributed by atoms with Gasteiger partial charge in [0.15, 0.2) is 5.65 Å². The molecule has 0 radical (unpaired) electrons. The summed E-state index contributed by atoms with van der Waals surface area (Å²) in [5, 5.41) is 9.23. The predicted molar refractivity (Wildman–Crippen MR) is 138 cm³/mol. The number of amides is 2. The number of nitrogens with one attached hydrogen (secondary N) is 1. The van der Waals surface area contributed by atoms with Gasteiger partial charge in [0.1, 0.15) is 23.7 Å². The zero-order valence-corrected chi connectivity index (χ0v) is 20.9. The molecule has 2 amide bonds. The second kappa shape index (κ2) is 10.0. The number of hydrogen-bond acceptors (Lipinski definition) is 6. The molecule has 1 atom stereocenters. The Hall–Kier alpha value is -4.20. The Morgan fingerprint density at radius 1 is 1.27 bits per heavy atom. The molecule has 0 aliphatic carbocycles. The number of aromatic nitrogens is 4. The number of hydroxylamine groups is 2. The lowest BCUT2D eigenvalue weighted by molar-refractivity contribution is -0.0829. The van der Waals surface area contributed by atoms with Gasteiger partial charge in [0.25, 0.3) is 0 Å². The van der Waals surface area contributed by atoms with Crippen molar-refractivity contribution >= 4 is 40.2 Å². The first kappa shape index (κ1) is 24.5. The molecule has 4 aromatic rings. The van der Waals surface area contributed by atoms with Crippen LogP contribution in [0.5, 0.6) is 0 Å². The molecule has 37 heavy (non-hydrogen) atoms. The number of aryl methyl sites for hydroxylation is 2. The van der Waals surface area contributed by atoms with Gasteiger partial charge in [0, 0.05) is 24.2 Å². The molecule has 188 valence electrons. The van der Waals surface area contributed by atoms with E-state index in [0.717, 1.165) is 5.56 Å². The van der Waals surface area contributed by atoms with E-state index in [1.54, 1.807) is 22.9 Å². The highest BCUT2D eigenvalue weighted by molar-refractivity contribution is 6.30. The number of carbonyl (C=O) groups is 1. The largest absolute Gasteiger partial charge is 0.383 e. The smallest absolute Gasteiger partial charge is 0.346 e. The molecule has 1 saturated heterocycles. The van der Waals surface area contributed by atoms with Gasteiger partial charge >= 0.3 is 6.03 Å². The lowest BCUT2D eigenvalue weighted by Gasteiger charge is -2.23. The summed E-state index contributed by atoms with van der Waals surface area (Å²) in [4.78, 5) is 27.0. The van der Waals surface area contributed by atoms with Gasteiger partial charge in [0.05, 0.1) is 23.1 Å². The number of carbonyl (C=O) groups excluding carboxylic acids is 1. The van der Waals surface area contributed by atoms with E-state index in [9.17, 15) is 9.18 Å². The van der Waals surface area contributed by atoms with Gasteiger partial charge in [-0.1, -0.05) is 29.7 Å². The molecule has 1 fully saturated rings. The molecule has 0 unspecified atom stereocenters. The summed E-state index contributed by atoms with van der Waals surface area (Å²) in [6.07, 6.45) is 1.96. The number of benzene rings is 2. The van der Waals surface area contributed by atoms with Crippen LogP contribution in [-0.2, 0) is 11.4 Å². The molecule has 2 aromatic carbocycles. The van der Waals surface area contributed by atoms with E-state index in [2.05, 4.69) is 32.2 Å². The maximum atomic E-state index is 13.6. The van der Waals surface area contributed by atoms with Crippen molar-refractivity contribution in [3.05, 3.63) is 75.9 Å².